The number of anilines is 2. The van der Waals surface area contributed by atoms with E-state index in [2.05, 4.69) is 25.5 Å². The maximum Gasteiger partial charge on any atom is 0.214 e. The minimum Gasteiger partial charge on any atom is -0.316 e. The maximum atomic E-state index is 13.0. The maximum absolute atomic E-state index is 13.0. The molecule has 0 amide bonds. The molecule has 0 spiro atoms. The summed E-state index contributed by atoms with van der Waals surface area (Å²) in [6.45, 7) is 1.98. The average Bonchev–Trinajstić information content (AvgIpc) is 2.98. The SMILES string of the molecule is Cc1sc(Nc2cccc(F)n2)nc1-c1cn[nH]c1. The lowest BCUT2D eigenvalue weighted by atomic mass is 10.2. The third kappa shape index (κ3) is 2.45. The first kappa shape index (κ1) is 11.8. The van der Waals surface area contributed by atoms with Crippen LogP contribution in [0.1, 0.15) is 4.88 Å². The highest BCUT2D eigenvalue weighted by Gasteiger charge is 2.11. The number of H-pyrrole nitrogens is 1. The van der Waals surface area contributed by atoms with Crippen molar-refractivity contribution in [1.29, 1.82) is 0 Å². The van der Waals surface area contributed by atoms with Crippen LogP contribution in [-0.2, 0) is 0 Å². The van der Waals surface area contributed by atoms with E-state index in [0.717, 1.165) is 16.1 Å². The molecule has 0 unspecified atom stereocenters. The summed E-state index contributed by atoms with van der Waals surface area (Å²) in [5, 5.41) is 10.3. The molecule has 7 heteroatoms. The molecule has 5 nitrogen and oxygen atoms in total. The number of hydrogen-bond acceptors (Lipinski definition) is 5. The molecule has 0 atom stereocenters. The molecule has 3 rings (SSSR count). The summed E-state index contributed by atoms with van der Waals surface area (Å²) in [6, 6.07) is 4.59. The fourth-order valence-electron chi connectivity index (χ4n) is 1.69. The first-order chi connectivity index (χ1) is 9.22. The van der Waals surface area contributed by atoms with Gasteiger partial charge in [0.2, 0.25) is 5.95 Å². The fraction of sp³-hybridized carbons (Fsp3) is 0.0833. The van der Waals surface area contributed by atoms with Crippen LogP contribution in [0.25, 0.3) is 11.3 Å². The molecular formula is C12H10FN5S. The van der Waals surface area contributed by atoms with Crippen LogP contribution in [0.5, 0.6) is 0 Å². The molecule has 0 aromatic carbocycles. The summed E-state index contributed by atoms with van der Waals surface area (Å²) < 4.78 is 13.0. The zero-order chi connectivity index (χ0) is 13.2. The number of halogens is 1. The third-order valence-electron chi connectivity index (χ3n) is 2.52. The number of thiazole rings is 1. The minimum absolute atomic E-state index is 0.437. The number of nitrogens with zero attached hydrogens (tertiary/aromatic N) is 3. The second-order valence-corrected chi connectivity index (χ2v) is 5.08. The third-order valence-corrected chi connectivity index (χ3v) is 3.40. The number of aromatic amines is 1. The van der Waals surface area contributed by atoms with Crippen LogP contribution in [-0.4, -0.2) is 20.2 Å². The smallest absolute Gasteiger partial charge is 0.214 e. The minimum atomic E-state index is -0.520. The van der Waals surface area contributed by atoms with E-state index in [9.17, 15) is 4.39 Å². The zero-order valence-corrected chi connectivity index (χ0v) is 10.8. The van der Waals surface area contributed by atoms with Gasteiger partial charge in [0.05, 0.1) is 11.9 Å². The van der Waals surface area contributed by atoms with Gasteiger partial charge < -0.3 is 5.32 Å². The van der Waals surface area contributed by atoms with E-state index in [0.29, 0.717) is 10.9 Å². The van der Waals surface area contributed by atoms with Gasteiger partial charge in [-0.1, -0.05) is 6.07 Å². The Kier molecular flexibility index (Phi) is 2.96. The van der Waals surface area contributed by atoms with Gasteiger partial charge in [-0.2, -0.15) is 9.49 Å². The molecule has 0 aliphatic carbocycles. The highest BCUT2D eigenvalue weighted by atomic mass is 32.1. The van der Waals surface area contributed by atoms with Crippen LogP contribution < -0.4 is 5.32 Å². The lowest BCUT2D eigenvalue weighted by molar-refractivity contribution is 0.585. The van der Waals surface area contributed by atoms with E-state index >= 15 is 0 Å². The molecule has 3 aromatic rings. The Bertz CT molecular complexity index is 692. The Hall–Kier alpha value is -2.28. The molecule has 0 bridgehead atoms. The largest absolute Gasteiger partial charge is 0.316 e. The van der Waals surface area contributed by atoms with Crippen LogP contribution in [0, 0.1) is 12.9 Å². The van der Waals surface area contributed by atoms with Gasteiger partial charge in [-0.15, -0.1) is 11.3 Å². The Morgan fingerprint density at radius 1 is 1.32 bits per heavy atom. The summed E-state index contributed by atoms with van der Waals surface area (Å²) in [4.78, 5) is 9.26. The van der Waals surface area contributed by atoms with Crippen molar-refractivity contribution in [2.75, 3.05) is 5.32 Å². The number of pyridine rings is 1. The predicted octanol–water partition coefficient (Wildman–Crippen LogP) is 3.12. The second kappa shape index (κ2) is 4.77. The number of aromatic nitrogens is 4. The van der Waals surface area contributed by atoms with Crippen molar-refractivity contribution in [3.8, 4) is 11.3 Å². The molecule has 0 aliphatic heterocycles. The quantitative estimate of drug-likeness (QED) is 0.721. The molecule has 0 radical (unpaired) electrons. The normalized spacial score (nSPS) is 10.6. The van der Waals surface area contributed by atoms with Crippen molar-refractivity contribution in [3.05, 3.63) is 41.4 Å². The molecule has 3 aromatic heterocycles. The molecule has 0 saturated carbocycles. The van der Waals surface area contributed by atoms with Crippen molar-refractivity contribution in [3.63, 3.8) is 0 Å². The van der Waals surface area contributed by atoms with Crippen molar-refractivity contribution in [2.24, 2.45) is 0 Å². The molecule has 3 heterocycles. The van der Waals surface area contributed by atoms with Gasteiger partial charge in [0.15, 0.2) is 5.13 Å². The van der Waals surface area contributed by atoms with E-state index < -0.39 is 5.95 Å². The molecule has 2 N–H and O–H groups in total. The van der Waals surface area contributed by atoms with Crippen LogP contribution in [0.4, 0.5) is 15.3 Å². The van der Waals surface area contributed by atoms with Crippen LogP contribution in [0.3, 0.4) is 0 Å². The van der Waals surface area contributed by atoms with Gasteiger partial charge in [-0.3, -0.25) is 5.10 Å². The van der Waals surface area contributed by atoms with Gasteiger partial charge in [-0.25, -0.2) is 9.97 Å². The van der Waals surface area contributed by atoms with Gasteiger partial charge in [0.25, 0.3) is 0 Å². The Morgan fingerprint density at radius 2 is 2.21 bits per heavy atom. The standard InChI is InChI=1S/C12H10FN5S/c1-7-11(8-5-14-15-6-8)18-12(19-7)17-10-4-2-3-9(13)16-10/h2-6H,1H3,(H,14,15)(H,16,17,18). The number of aryl methyl sites for hydroxylation is 1. The summed E-state index contributed by atoms with van der Waals surface area (Å²) in [5.41, 5.74) is 1.78. The first-order valence-electron chi connectivity index (χ1n) is 5.58. The summed E-state index contributed by atoms with van der Waals surface area (Å²) in [5.74, 6) is -0.0826. The molecule has 0 saturated heterocycles. The predicted molar refractivity (Wildman–Crippen MR) is 71.9 cm³/mol. The fourth-order valence-corrected chi connectivity index (χ4v) is 2.53. The van der Waals surface area contributed by atoms with Gasteiger partial charge >= 0.3 is 0 Å². The highest BCUT2D eigenvalue weighted by molar-refractivity contribution is 7.16. The second-order valence-electron chi connectivity index (χ2n) is 3.88. The van der Waals surface area contributed by atoms with Gasteiger partial charge in [0.1, 0.15) is 5.82 Å². The average molecular weight is 275 g/mol. The van der Waals surface area contributed by atoms with E-state index in [1.165, 1.54) is 17.4 Å². The van der Waals surface area contributed by atoms with Crippen molar-refractivity contribution in [2.45, 2.75) is 6.92 Å². The number of nitrogens with one attached hydrogen (secondary N) is 2. The lowest BCUT2D eigenvalue weighted by Crippen LogP contribution is -1.94. The van der Waals surface area contributed by atoms with Crippen molar-refractivity contribution >= 4 is 22.3 Å². The van der Waals surface area contributed by atoms with E-state index in [1.54, 1.807) is 24.5 Å². The van der Waals surface area contributed by atoms with Crippen LogP contribution in [0.15, 0.2) is 30.6 Å². The first-order valence-corrected chi connectivity index (χ1v) is 6.40. The summed E-state index contributed by atoms with van der Waals surface area (Å²) in [7, 11) is 0. The topological polar surface area (TPSA) is 66.5 Å². The number of hydrogen-bond donors (Lipinski definition) is 2. The summed E-state index contributed by atoms with van der Waals surface area (Å²) >= 11 is 1.49. The van der Waals surface area contributed by atoms with Crippen molar-refractivity contribution < 1.29 is 4.39 Å². The van der Waals surface area contributed by atoms with E-state index in [4.69, 9.17) is 0 Å². The monoisotopic (exact) mass is 275 g/mol. The molecule has 0 fully saturated rings. The Balaban J connectivity index is 1.89. The molecular weight excluding hydrogens is 265 g/mol. The number of rotatable bonds is 3. The lowest BCUT2D eigenvalue weighted by Gasteiger charge is -2.00. The molecule has 19 heavy (non-hydrogen) atoms. The van der Waals surface area contributed by atoms with Gasteiger partial charge in [-0.05, 0) is 19.1 Å². The van der Waals surface area contributed by atoms with Crippen LogP contribution >= 0.6 is 11.3 Å². The molecule has 96 valence electrons. The Morgan fingerprint density at radius 3 is 2.95 bits per heavy atom. The van der Waals surface area contributed by atoms with Gasteiger partial charge in [0, 0.05) is 16.6 Å². The highest BCUT2D eigenvalue weighted by Crippen LogP contribution is 2.30. The van der Waals surface area contributed by atoms with E-state index in [-0.39, 0.29) is 0 Å². The molecule has 0 aliphatic rings. The zero-order valence-electron chi connectivity index (χ0n) is 10.0. The summed E-state index contributed by atoms with van der Waals surface area (Å²) in [6.07, 6.45) is 3.50. The Labute approximate surface area is 112 Å². The van der Waals surface area contributed by atoms with Crippen LogP contribution in [0.2, 0.25) is 0 Å². The van der Waals surface area contributed by atoms with Crippen molar-refractivity contribution in [1.82, 2.24) is 20.2 Å². The van der Waals surface area contributed by atoms with E-state index in [1.807, 2.05) is 6.92 Å².